The van der Waals surface area contributed by atoms with Crippen molar-refractivity contribution < 1.29 is 5.11 Å². The second-order valence-corrected chi connectivity index (χ2v) is 4.19. The van der Waals surface area contributed by atoms with Crippen molar-refractivity contribution in [2.75, 3.05) is 0 Å². The van der Waals surface area contributed by atoms with Gasteiger partial charge >= 0.3 is 0 Å². The molecule has 0 aliphatic carbocycles. The van der Waals surface area contributed by atoms with Gasteiger partial charge in [-0.15, -0.1) is 0 Å². The third-order valence-corrected chi connectivity index (χ3v) is 2.84. The van der Waals surface area contributed by atoms with E-state index in [1.54, 1.807) is 17.8 Å². The fraction of sp³-hybridized carbons (Fsp3) is 0.182. The molecule has 1 aromatic carbocycles. The Balaban J connectivity index is 2.44. The Labute approximate surface area is 96.5 Å². The average Bonchev–Trinajstić information content (AvgIpc) is 2.70. The molecule has 2 aromatic rings. The summed E-state index contributed by atoms with van der Waals surface area (Å²) in [6.07, 6.45) is 3.16. The third-order valence-electron chi connectivity index (χ3n) is 2.21. The molecular formula is C11H11BrN2O. The highest BCUT2D eigenvalue weighted by Crippen LogP contribution is 2.24. The summed E-state index contributed by atoms with van der Waals surface area (Å²) in [6.45, 7) is 1.75. The molecule has 0 unspecified atom stereocenters. The fourth-order valence-corrected chi connectivity index (χ4v) is 1.96. The molecule has 3 nitrogen and oxygen atoms in total. The summed E-state index contributed by atoms with van der Waals surface area (Å²) in [5.74, 6) is 0. The summed E-state index contributed by atoms with van der Waals surface area (Å²) < 4.78 is 2.69. The molecule has 0 saturated heterocycles. The molecule has 78 valence electrons. The lowest BCUT2D eigenvalue weighted by molar-refractivity contribution is 0.199. The molecule has 0 aliphatic rings. The first kappa shape index (κ1) is 10.4. The molecule has 15 heavy (non-hydrogen) atoms. The second kappa shape index (κ2) is 4.16. The van der Waals surface area contributed by atoms with Crippen molar-refractivity contribution in [3.05, 3.63) is 46.7 Å². The zero-order valence-corrected chi connectivity index (χ0v) is 9.85. The van der Waals surface area contributed by atoms with E-state index >= 15 is 0 Å². The Morgan fingerprint density at radius 3 is 2.80 bits per heavy atom. The summed E-state index contributed by atoms with van der Waals surface area (Å²) in [5, 5.41) is 13.6. The second-order valence-electron chi connectivity index (χ2n) is 3.34. The molecular weight excluding hydrogens is 256 g/mol. The van der Waals surface area contributed by atoms with Crippen molar-refractivity contribution >= 4 is 15.9 Å². The van der Waals surface area contributed by atoms with Crippen LogP contribution in [-0.4, -0.2) is 14.9 Å². The van der Waals surface area contributed by atoms with Crippen molar-refractivity contribution in [1.82, 2.24) is 9.78 Å². The Bertz CT molecular complexity index is 452. The molecule has 0 radical (unpaired) electrons. The largest absolute Gasteiger partial charge is 0.389 e. The van der Waals surface area contributed by atoms with Gasteiger partial charge in [0.2, 0.25) is 0 Å². The summed E-state index contributed by atoms with van der Waals surface area (Å²) in [6, 6.07) is 7.60. The number of aliphatic hydroxyl groups excluding tert-OH is 1. The SMILES string of the molecule is C[C@@H](O)c1ccc(-n2cccn2)c(Br)c1. The Kier molecular flexibility index (Phi) is 2.88. The fourth-order valence-electron chi connectivity index (χ4n) is 1.38. The monoisotopic (exact) mass is 266 g/mol. The first-order valence-electron chi connectivity index (χ1n) is 4.66. The molecule has 1 aromatic heterocycles. The lowest BCUT2D eigenvalue weighted by Gasteiger charge is -2.09. The van der Waals surface area contributed by atoms with Gasteiger partial charge in [0, 0.05) is 16.9 Å². The van der Waals surface area contributed by atoms with Crippen LogP contribution in [0.5, 0.6) is 0 Å². The van der Waals surface area contributed by atoms with Gasteiger partial charge in [0.1, 0.15) is 0 Å². The van der Waals surface area contributed by atoms with Crippen molar-refractivity contribution in [3.8, 4) is 5.69 Å². The zero-order chi connectivity index (χ0) is 10.8. The third kappa shape index (κ3) is 2.11. The quantitative estimate of drug-likeness (QED) is 0.908. The highest BCUT2D eigenvalue weighted by Gasteiger charge is 2.06. The first-order chi connectivity index (χ1) is 7.18. The summed E-state index contributed by atoms with van der Waals surface area (Å²) >= 11 is 3.46. The van der Waals surface area contributed by atoms with Crippen molar-refractivity contribution in [3.63, 3.8) is 0 Å². The first-order valence-corrected chi connectivity index (χ1v) is 5.45. The van der Waals surface area contributed by atoms with Crippen LogP contribution < -0.4 is 0 Å². The number of nitrogens with zero attached hydrogens (tertiary/aromatic N) is 2. The van der Waals surface area contributed by atoms with Crippen LogP contribution in [0.25, 0.3) is 5.69 Å². The van der Waals surface area contributed by atoms with Gasteiger partial charge in [-0.2, -0.15) is 5.10 Å². The minimum absolute atomic E-state index is 0.451. The van der Waals surface area contributed by atoms with E-state index in [1.807, 2.05) is 30.5 Å². The van der Waals surface area contributed by atoms with Gasteiger partial charge in [0.05, 0.1) is 11.8 Å². The van der Waals surface area contributed by atoms with E-state index in [9.17, 15) is 5.11 Å². The number of hydrogen-bond donors (Lipinski definition) is 1. The van der Waals surface area contributed by atoms with Gasteiger partial charge in [-0.25, -0.2) is 4.68 Å². The van der Waals surface area contributed by atoms with Crippen molar-refractivity contribution in [2.45, 2.75) is 13.0 Å². The van der Waals surface area contributed by atoms with Gasteiger partial charge in [0.15, 0.2) is 0 Å². The molecule has 4 heteroatoms. The van der Waals surface area contributed by atoms with Gasteiger partial charge < -0.3 is 5.11 Å². The van der Waals surface area contributed by atoms with E-state index in [2.05, 4.69) is 21.0 Å². The predicted molar refractivity (Wildman–Crippen MR) is 61.9 cm³/mol. The molecule has 1 heterocycles. The number of aromatic nitrogens is 2. The van der Waals surface area contributed by atoms with E-state index in [0.29, 0.717) is 0 Å². The maximum atomic E-state index is 9.43. The van der Waals surface area contributed by atoms with Crippen LogP contribution in [0, 0.1) is 0 Å². The minimum atomic E-state index is -0.451. The van der Waals surface area contributed by atoms with E-state index in [0.717, 1.165) is 15.7 Å². The van der Waals surface area contributed by atoms with Crippen LogP contribution in [-0.2, 0) is 0 Å². The highest BCUT2D eigenvalue weighted by atomic mass is 79.9. The van der Waals surface area contributed by atoms with Gasteiger partial charge in [-0.05, 0) is 46.6 Å². The maximum absolute atomic E-state index is 9.43. The molecule has 0 amide bonds. The number of benzene rings is 1. The molecule has 0 fully saturated rings. The maximum Gasteiger partial charge on any atom is 0.0787 e. The summed E-state index contributed by atoms with van der Waals surface area (Å²) in [5.41, 5.74) is 1.85. The summed E-state index contributed by atoms with van der Waals surface area (Å²) in [7, 11) is 0. The minimum Gasteiger partial charge on any atom is -0.389 e. The van der Waals surface area contributed by atoms with Crippen LogP contribution in [0.1, 0.15) is 18.6 Å². The zero-order valence-electron chi connectivity index (χ0n) is 8.26. The highest BCUT2D eigenvalue weighted by molar-refractivity contribution is 9.10. The molecule has 0 spiro atoms. The van der Waals surface area contributed by atoms with Crippen LogP contribution in [0.4, 0.5) is 0 Å². The Hall–Kier alpha value is -1.13. The molecule has 0 saturated carbocycles. The van der Waals surface area contributed by atoms with Crippen molar-refractivity contribution in [1.29, 1.82) is 0 Å². The molecule has 0 bridgehead atoms. The van der Waals surface area contributed by atoms with E-state index in [-0.39, 0.29) is 0 Å². The molecule has 1 N–H and O–H groups in total. The van der Waals surface area contributed by atoms with E-state index in [1.165, 1.54) is 0 Å². The summed E-state index contributed by atoms with van der Waals surface area (Å²) in [4.78, 5) is 0. The van der Waals surface area contributed by atoms with E-state index < -0.39 is 6.10 Å². The number of rotatable bonds is 2. The van der Waals surface area contributed by atoms with Crippen LogP contribution >= 0.6 is 15.9 Å². The molecule has 0 aliphatic heterocycles. The standard InChI is InChI=1S/C11H11BrN2O/c1-8(15)9-3-4-11(10(12)7-9)14-6-2-5-13-14/h2-8,15H,1H3/t8-/m1/s1. The number of aliphatic hydroxyl groups is 1. The Morgan fingerprint density at radius 1 is 1.47 bits per heavy atom. The molecule has 2 rings (SSSR count). The lowest BCUT2D eigenvalue weighted by Crippen LogP contribution is -1.98. The smallest absolute Gasteiger partial charge is 0.0787 e. The van der Waals surface area contributed by atoms with Crippen LogP contribution in [0.3, 0.4) is 0 Å². The topological polar surface area (TPSA) is 38.0 Å². The van der Waals surface area contributed by atoms with Crippen molar-refractivity contribution in [2.24, 2.45) is 0 Å². The van der Waals surface area contributed by atoms with Gasteiger partial charge in [-0.1, -0.05) is 6.07 Å². The normalized spacial score (nSPS) is 12.7. The number of hydrogen-bond acceptors (Lipinski definition) is 2. The lowest BCUT2D eigenvalue weighted by atomic mass is 10.1. The number of halogens is 1. The predicted octanol–water partition coefficient (Wildman–Crippen LogP) is 2.69. The molecule has 1 atom stereocenters. The van der Waals surface area contributed by atoms with Crippen LogP contribution in [0.15, 0.2) is 41.1 Å². The van der Waals surface area contributed by atoms with E-state index in [4.69, 9.17) is 0 Å². The Morgan fingerprint density at radius 2 is 2.27 bits per heavy atom. The average molecular weight is 267 g/mol. The van der Waals surface area contributed by atoms with Gasteiger partial charge in [0.25, 0.3) is 0 Å². The van der Waals surface area contributed by atoms with Crippen LogP contribution in [0.2, 0.25) is 0 Å². The van der Waals surface area contributed by atoms with Gasteiger partial charge in [-0.3, -0.25) is 0 Å².